The molecule has 3 N–H and O–H groups in total. The van der Waals surface area contributed by atoms with Crippen molar-refractivity contribution in [2.24, 2.45) is 0 Å². The molecule has 0 unspecified atom stereocenters. The summed E-state index contributed by atoms with van der Waals surface area (Å²) in [6.07, 6.45) is -3.30. The van der Waals surface area contributed by atoms with Gasteiger partial charge in [0.2, 0.25) is 0 Å². The second-order valence-corrected chi connectivity index (χ2v) is 9.63. The Balaban J connectivity index is 1.36. The van der Waals surface area contributed by atoms with Crippen LogP contribution >= 0.6 is 0 Å². The van der Waals surface area contributed by atoms with Gasteiger partial charge in [-0.05, 0) is 53.6 Å². The van der Waals surface area contributed by atoms with E-state index in [1.165, 1.54) is 31.5 Å². The van der Waals surface area contributed by atoms with Crippen molar-refractivity contribution in [3.8, 4) is 11.5 Å². The number of hydrogen-bond donors (Lipinski definition) is 3. The second kappa shape index (κ2) is 13.5. The molecule has 1 heterocycles. The molecule has 1 aliphatic rings. The highest BCUT2D eigenvalue weighted by atomic mass is 19.4. The van der Waals surface area contributed by atoms with Gasteiger partial charge < -0.3 is 30.4 Å². The summed E-state index contributed by atoms with van der Waals surface area (Å²) in [5, 5.41) is 13.2. The maximum absolute atomic E-state index is 13.6. The van der Waals surface area contributed by atoms with E-state index in [1.54, 1.807) is 29.2 Å². The molecule has 1 aliphatic heterocycles. The van der Waals surface area contributed by atoms with E-state index in [1.807, 2.05) is 0 Å². The van der Waals surface area contributed by atoms with E-state index in [0.29, 0.717) is 36.3 Å². The monoisotopic (exact) mass is 620 g/mol. The minimum atomic E-state index is -4.94. The molecule has 0 bridgehead atoms. The summed E-state index contributed by atoms with van der Waals surface area (Å²) in [5.74, 6) is -2.70. The summed E-state index contributed by atoms with van der Waals surface area (Å²) in [6, 6.07) is 13.0. The first kappa shape index (κ1) is 31.9. The van der Waals surface area contributed by atoms with Crippen LogP contribution in [0.4, 0.5) is 32.0 Å². The molecule has 0 atom stereocenters. The van der Waals surface area contributed by atoms with E-state index in [4.69, 9.17) is 10.1 Å². The maximum atomic E-state index is 13.6. The van der Waals surface area contributed by atoms with Crippen molar-refractivity contribution in [2.75, 3.05) is 19.0 Å². The van der Waals surface area contributed by atoms with Gasteiger partial charge in [-0.15, -0.1) is 0 Å². The van der Waals surface area contributed by atoms with E-state index in [2.05, 4.69) is 15.4 Å². The number of carbonyl (C=O) groups excluding carboxylic acids is 2. The zero-order chi connectivity index (χ0) is 32.0. The van der Waals surface area contributed by atoms with Crippen LogP contribution in [0.15, 0.2) is 72.4 Å². The van der Waals surface area contributed by atoms with E-state index in [9.17, 15) is 35.9 Å². The molecule has 44 heavy (non-hydrogen) atoms. The van der Waals surface area contributed by atoms with Crippen LogP contribution in [-0.4, -0.2) is 42.7 Å². The topological polar surface area (TPSA) is 104 Å². The van der Waals surface area contributed by atoms with Crippen LogP contribution in [0.2, 0.25) is 0 Å². The van der Waals surface area contributed by atoms with Crippen LogP contribution in [-0.2, 0) is 24.1 Å². The van der Waals surface area contributed by atoms with Crippen molar-refractivity contribution in [3.05, 3.63) is 101 Å². The number of anilines is 1. The van der Waals surface area contributed by atoms with Crippen molar-refractivity contribution in [2.45, 2.75) is 32.3 Å². The molecule has 0 saturated heterocycles. The number of alkyl halides is 5. The Bertz CT molecular complexity index is 1570. The molecule has 14 heteroatoms. The Morgan fingerprint density at radius 3 is 2.34 bits per heavy atom. The molecular formula is C30H26F6N4O4. The van der Waals surface area contributed by atoms with Gasteiger partial charge in [-0.25, -0.2) is 4.39 Å². The van der Waals surface area contributed by atoms with Gasteiger partial charge >= 0.3 is 12.8 Å². The third-order valence-electron chi connectivity index (χ3n) is 6.56. The Hall–Kier alpha value is -5.01. The van der Waals surface area contributed by atoms with Gasteiger partial charge in [0.1, 0.15) is 5.82 Å². The molecule has 232 valence electrons. The Kier molecular flexibility index (Phi) is 9.81. The van der Waals surface area contributed by atoms with Gasteiger partial charge in [-0.2, -0.15) is 22.0 Å². The average Bonchev–Trinajstić information content (AvgIpc) is 2.97. The van der Waals surface area contributed by atoms with Crippen LogP contribution < -0.4 is 20.1 Å². The van der Waals surface area contributed by atoms with Gasteiger partial charge in [0.25, 0.3) is 11.8 Å². The Morgan fingerprint density at radius 1 is 0.977 bits per heavy atom. The quantitative estimate of drug-likeness (QED) is 0.237. The number of halogens is 6. The zero-order valence-electron chi connectivity index (χ0n) is 23.1. The Labute approximate surface area is 247 Å². The molecule has 0 aromatic heterocycles. The number of ether oxygens (including phenoxy) is 2. The van der Waals surface area contributed by atoms with Crippen LogP contribution in [0.25, 0.3) is 0 Å². The molecule has 3 aromatic carbocycles. The first-order valence-corrected chi connectivity index (χ1v) is 13.0. The van der Waals surface area contributed by atoms with Crippen LogP contribution in [0.1, 0.15) is 33.5 Å². The highest BCUT2D eigenvalue weighted by molar-refractivity contribution is 6.24. The fraction of sp³-hybridized carbons (Fsp3) is 0.233. The molecule has 0 fully saturated rings. The Morgan fingerprint density at radius 2 is 1.68 bits per heavy atom. The molecule has 4 rings (SSSR count). The summed E-state index contributed by atoms with van der Waals surface area (Å²) < 4.78 is 87.2. The van der Waals surface area contributed by atoms with Gasteiger partial charge in [-0.3, -0.25) is 9.59 Å². The lowest BCUT2D eigenvalue weighted by atomic mass is 10.0. The fourth-order valence-corrected chi connectivity index (χ4v) is 4.35. The molecular weight excluding hydrogens is 594 g/mol. The molecule has 0 spiro atoms. The predicted octanol–water partition coefficient (Wildman–Crippen LogP) is 6.13. The molecule has 0 saturated carbocycles. The van der Waals surface area contributed by atoms with Crippen molar-refractivity contribution in [1.82, 2.24) is 10.2 Å². The first-order chi connectivity index (χ1) is 20.8. The number of rotatable bonds is 10. The number of hydrogen-bond acceptors (Lipinski definition) is 6. The van der Waals surface area contributed by atoms with Gasteiger partial charge in [0, 0.05) is 49.2 Å². The second-order valence-electron chi connectivity index (χ2n) is 9.63. The smallest absolute Gasteiger partial charge is 0.419 e. The fourth-order valence-electron chi connectivity index (χ4n) is 4.35. The summed E-state index contributed by atoms with van der Waals surface area (Å²) in [4.78, 5) is 27.2. The molecule has 3 aromatic rings. The highest BCUT2D eigenvalue weighted by Gasteiger charge is 2.34. The number of methoxy groups -OCH3 is 1. The molecule has 8 nitrogen and oxygen atoms in total. The van der Waals surface area contributed by atoms with E-state index in [-0.39, 0.29) is 47.3 Å². The summed E-state index contributed by atoms with van der Waals surface area (Å²) in [5.41, 5.74) is -0.103. The number of amides is 2. The summed E-state index contributed by atoms with van der Waals surface area (Å²) in [6.45, 7) is -2.20. The van der Waals surface area contributed by atoms with Crippen molar-refractivity contribution >= 4 is 23.2 Å². The van der Waals surface area contributed by atoms with Crippen LogP contribution in [0.5, 0.6) is 11.5 Å². The SMILES string of the molecule is COc1cc(CNC(=O)c2ccc(CN3C=C(C(=O)Nc4ccc(F)c(C(F)(F)F)c4)C(=N)CC3)cc2)ccc1OC(F)F. The largest absolute Gasteiger partial charge is 0.493 e. The van der Waals surface area contributed by atoms with Crippen LogP contribution in [0.3, 0.4) is 0 Å². The lowest BCUT2D eigenvalue weighted by molar-refractivity contribution is -0.140. The van der Waals surface area contributed by atoms with Crippen LogP contribution in [0, 0.1) is 11.2 Å². The lowest BCUT2D eigenvalue weighted by Crippen LogP contribution is -2.32. The third kappa shape index (κ3) is 8.08. The average molecular weight is 621 g/mol. The molecule has 2 amide bonds. The first-order valence-electron chi connectivity index (χ1n) is 13.0. The minimum Gasteiger partial charge on any atom is -0.493 e. The van der Waals surface area contributed by atoms with Crippen molar-refractivity contribution in [1.29, 1.82) is 5.41 Å². The summed E-state index contributed by atoms with van der Waals surface area (Å²) >= 11 is 0. The van der Waals surface area contributed by atoms with Crippen molar-refractivity contribution in [3.63, 3.8) is 0 Å². The predicted molar refractivity (Wildman–Crippen MR) is 148 cm³/mol. The standard InChI is InChI=1S/C30H26F6N4O4/c1-43-26-12-18(4-9-25(26)44-29(32)33)14-38-27(41)19-5-2-17(3-6-19)15-40-11-10-24(37)21(16-40)28(42)39-20-7-8-23(31)22(13-20)30(34,35)36/h2-9,12-13,16,29,37H,10-11,14-15H2,1H3,(H,38,41)(H,39,42). The van der Waals surface area contributed by atoms with Gasteiger partial charge in [-0.1, -0.05) is 18.2 Å². The van der Waals surface area contributed by atoms with Gasteiger partial charge in [0.15, 0.2) is 11.5 Å². The number of benzene rings is 3. The normalized spacial score (nSPS) is 13.4. The van der Waals surface area contributed by atoms with Gasteiger partial charge in [0.05, 0.1) is 18.2 Å². The molecule has 0 radical (unpaired) electrons. The van der Waals surface area contributed by atoms with E-state index in [0.717, 1.165) is 11.6 Å². The third-order valence-corrected chi connectivity index (χ3v) is 6.56. The molecule has 0 aliphatic carbocycles. The number of nitrogens with zero attached hydrogens (tertiary/aromatic N) is 1. The highest BCUT2D eigenvalue weighted by Crippen LogP contribution is 2.33. The number of nitrogens with one attached hydrogen (secondary N) is 3. The van der Waals surface area contributed by atoms with E-state index < -0.39 is 30.1 Å². The van der Waals surface area contributed by atoms with Crippen molar-refractivity contribution < 1.29 is 45.4 Å². The maximum Gasteiger partial charge on any atom is 0.419 e. The zero-order valence-corrected chi connectivity index (χ0v) is 23.1. The minimum absolute atomic E-state index is 0.00210. The lowest BCUT2D eigenvalue weighted by Gasteiger charge is -2.27. The number of carbonyl (C=O) groups is 2. The van der Waals surface area contributed by atoms with E-state index >= 15 is 0 Å². The summed E-state index contributed by atoms with van der Waals surface area (Å²) in [7, 11) is 1.31.